The van der Waals surface area contributed by atoms with Gasteiger partial charge in [-0.25, -0.2) is 0 Å². The van der Waals surface area contributed by atoms with E-state index in [0.29, 0.717) is 11.8 Å². The summed E-state index contributed by atoms with van der Waals surface area (Å²) in [5.41, 5.74) is 1.15. The van der Waals surface area contributed by atoms with Crippen LogP contribution in [0.15, 0.2) is 21.2 Å². The van der Waals surface area contributed by atoms with E-state index in [2.05, 4.69) is 15.6 Å². The van der Waals surface area contributed by atoms with Gasteiger partial charge in [-0.1, -0.05) is 0 Å². The summed E-state index contributed by atoms with van der Waals surface area (Å²) in [6.07, 6.45) is 3.76. The first-order valence-corrected chi connectivity index (χ1v) is 4.79. The summed E-state index contributed by atoms with van der Waals surface area (Å²) in [6.45, 7) is 1.77. The van der Waals surface area contributed by atoms with Gasteiger partial charge in [-0.2, -0.15) is 11.3 Å². The van der Waals surface area contributed by atoms with Crippen molar-refractivity contribution in [3.8, 4) is 0 Å². The normalized spacial score (nSPS) is 11.2. The number of aryl methyl sites for hydroxylation is 1. The van der Waals surface area contributed by atoms with Crippen molar-refractivity contribution in [3.05, 3.63) is 34.2 Å². The zero-order chi connectivity index (χ0) is 9.10. The molecule has 0 unspecified atom stereocenters. The highest BCUT2D eigenvalue weighted by atomic mass is 32.1. The molecule has 0 saturated heterocycles. The molecule has 0 aliphatic carbocycles. The molecule has 2 aromatic heterocycles. The van der Waals surface area contributed by atoms with Crippen LogP contribution in [0, 0.1) is 6.92 Å². The van der Waals surface area contributed by atoms with Gasteiger partial charge in [-0.15, -0.1) is 10.2 Å². The van der Waals surface area contributed by atoms with E-state index in [-0.39, 0.29) is 0 Å². The second-order valence-electron chi connectivity index (χ2n) is 2.55. The molecule has 0 aliphatic heterocycles. The number of hydrogen-bond donors (Lipinski definition) is 0. The van der Waals surface area contributed by atoms with Gasteiger partial charge in [0.15, 0.2) is 0 Å². The first-order chi connectivity index (χ1) is 6.34. The van der Waals surface area contributed by atoms with E-state index in [0.717, 1.165) is 5.56 Å². The second-order valence-corrected chi connectivity index (χ2v) is 3.33. The number of nitrogens with zero attached hydrogens (tertiary/aromatic N) is 2. The molecular formula is C9H8N2OS. The van der Waals surface area contributed by atoms with Gasteiger partial charge in [-0.3, -0.25) is 0 Å². The Morgan fingerprint density at radius 2 is 2.31 bits per heavy atom. The van der Waals surface area contributed by atoms with E-state index in [9.17, 15) is 0 Å². The van der Waals surface area contributed by atoms with Gasteiger partial charge in [0.05, 0.1) is 0 Å². The predicted molar refractivity (Wildman–Crippen MR) is 52.3 cm³/mol. The fourth-order valence-electron chi connectivity index (χ4n) is 0.917. The van der Waals surface area contributed by atoms with Crippen molar-refractivity contribution in [3.63, 3.8) is 0 Å². The van der Waals surface area contributed by atoms with Crippen molar-refractivity contribution in [2.24, 2.45) is 0 Å². The largest absolute Gasteiger partial charge is 0.422 e. The third-order valence-corrected chi connectivity index (χ3v) is 2.20. The monoisotopic (exact) mass is 192 g/mol. The lowest BCUT2D eigenvalue weighted by molar-refractivity contribution is 0.510. The first-order valence-electron chi connectivity index (χ1n) is 3.85. The standard InChI is InChI=1S/C9H8N2OS/c1-7-10-11-9(12-7)3-2-8-4-5-13-6-8/h2-6H,1H3/b3-2+. The molecule has 0 aliphatic rings. The van der Waals surface area contributed by atoms with Crippen molar-refractivity contribution in [2.75, 3.05) is 0 Å². The van der Waals surface area contributed by atoms with Gasteiger partial charge in [0.2, 0.25) is 11.8 Å². The van der Waals surface area contributed by atoms with Gasteiger partial charge in [-0.05, 0) is 28.5 Å². The molecule has 0 aromatic carbocycles. The van der Waals surface area contributed by atoms with Crippen LogP contribution in [0.4, 0.5) is 0 Å². The highest BCUT2D eigenvalue weighted by molar-refractivity contribution is 7.08. The minimum atomic E-state index is 0.545. The van der Waals surface area contributed by atoms with Crippen LogP contribution in [-0.4, -0.2) is 10.2 Å². The van der Waals surface area contributed by atoms with Gasteiger partial charge in [0.1, 0.15) is 0 Å². The van der Waals surface area contributed by atoms with E-state index in [4.69, 9.17) is 4.42 Å². The summed E-state index contributed by atoms with van der Waals surface area (Å²) in [4.78, 5) is 0. The fourth-order valence-corrected chi connectivity index (χ4v) is 1.55. The molecule has 4 heteroatoms. The number of aromatic nitrogens is 2. The minimum Gasteiger partial charge on any atom is -0.422 e. The van der Waals surface area contributed by atoms with E-state index in [1.807, 2.05) is 23.6 Å². The summed E-state index contributed by atoms with van der Waals surface area (Å²) < 4.78 is 5.18. The zero-order valence-electron chi connectivity index (χ0n) is 7.10. The molecule has 0 atom stereocenters. The van der Waals surface area contributed by atoms with Crippen molar-refractivity contribution >= 4 is 23.5 Å². The van der Waals surface area contributed by atoms with Crippen molar-refractivity contribution in [1.29, 1.82) is 0 Å². The van der Waals surface area contributed by atoms with Gasteiger partial charge >= 0.3 is 0 Å². The summed E-state index contributed by atoms with van der Waals surface area (Å²) in [5, 5.41) is 11.6. The molecule has 0 N–H and O–H groups in total. The maximum atomic E-state index is 5.18. The van der Waals surface area contributed by atoms with E-state index in [1.165, 1.54) is 0 Å². The Morgan fingerprint density at radius 1 is 1.38 bits per heavy atom. The molecule has 2 heterocycles. The molecule has 0 saturated carbocycles. The van der Waals surface area contributed by atoms with Crippen LogP contribution >= 0.6 is 11.3 Å². The summed E-state index contributed by atoms with van der Waals surface area (Å²) in [7, 11) is 0. The van der Waals surface area contributed by atoms with Crippen LogP contribution < -0.4 is 0 Å². The molecule has 13 heavy (non-hydrogen) atoms. The highest BCUT2D eigenvalue weighted by Gasteiger charge is 1.95. The summed E-state index contributed by atoms with van der Waals surface area (Å²) in [6, 6.07) is 2.03. The van der Waals surface area contributed by atoms with E-state index >= 15 is 0 Å². The van der Waals surface area contributed by atoms with Crippen molar-refractivity contribution < 1.29 is 4.42 Å². The number of thiophene rings is 1. The smallest absolute Gasteiger partial charge is 0.240 e. The molecule has 66 valence electrons. The maximum absolute atomic E-state index is 5.18. The maximum Gasteiger partial charge on any atom is 0.240 e. The van der Waals surface area contributed by atoms with Crippen LogP contribution in [0.5, 0.6) is 0 Å². The lowest BCUT2D eigenvalue weighted by Gasteiger charge is -1.81. The molecule has 0 fully saturated rings. The number of hydrogen-bond acceptors (Lipinski definition) is 4. The van der Waals surface area contributed by atoms with Crippen LogP contribution in [0.2, 0.25) is 0 Å². The third-order valence-electron chi connectivity index (χ3n) is 1.50. The van der Waals surface area contributed by atoms with Gasteiger partial charge in [0, 0.05) is 13.0 Å². The quantitative estimate of drug-likeness (QED) is 0.734. The van der Waals surface area contributed by atoms with Crippen LogP contribution in [-0.2, 0) is 0 Å². The average Bonchev–Trinajstić information content (AvgIpc) is 2.71. The second kappa shape index (κ2) is 3.53. The Hall–Kier alpha value is -1.42. The van der Waals surface area contributed by atoms with Crippen LogP contribution in [0.25, 0.3) is 12.2 Å². The van der Waals surface area contributed by atoms with Crippen molar-refractivity contribution in [2.45, 2.75) is 6.92 Å². The predicted octanol–water partition coefficient (Wildman–Crippen LogP) is 2.61. The Balaban J connectivity index is 2.14. The zero-order valence-corrected chi connectivity index (χ0v) is 7.91. The Kier molecular flexibility index (Phi) is 2.23. The fraction of sp³-hybridized carbons (Fsp3) is 0.111. The van der Waals surface area contributed by atoms with Crippen LogP contribution in [0.1, 0.15) is 17.3 Å². The molecule has 0 radical (unpaired) electrons. The van der Waals surface area contributed by atoms with E-state index in [1.54, 1.807) is 18.3 Å². The number of rotatable bonds is 2. The molecule has 3 nitrogen and oxygen atoms in total. The molecular weight excluding hydrogens is 184 g/mol. The lowest BCUT2D eigenvalue weighted by Crippen LogP contribution is -1.70. The summed E-state index contributed by atoms with van der Waals surface area (Å²) >= 11 is 1.66. The van der Waals surface area contributed by atoms with Crippen LogP contribution in [0.3, 0.4) is 0 Å². The molecule has 2 aromatic rings. The van der Waals surface area contributed by atoms with Gasteiger partial charge < -0.3 is 4.42 Å². The first kappa shape index (κ1) is 8.19. The van der Waals surface area contributed by atoms with E-state index < -0.39 is 0 Å². The topological polar surface area (TPSA) is 38.9 Å². The SMILES string of the molecule is Cc1nnc(/C=C/c2ccsc2)o1. The third kappa shape index (κ3) is 2.03. The molecule has 2 rings (SSSR count). The molecule has 0 spiro atoms. The minimum absolute atomic E-state index is 0.545. The Labute approximate surface area is 79.7 Å². The summed E-state index contributed by atoms with van der Waals surface area (Å²) in [5.74, 6) is 1.13. The lowest BCUT2D eigenvalue weighted by atomic mass is 10.3. The Bertz CT molecular complexity index is 403. The molecule has 0 bridgehead atoms. The average molecular weight is 192 g/mol. The Morgan fingerprint density at radius 3 is 2.92 bits per heavy atom. The van der Waals surface area contributed by atoms with Gasteiger partial charge in [0.25, 0.3) is 0 Å². The molecule has 0 amide bonds. The highest BCUT2D eigenvalue weighted by Crippen LogP contribution is 2.10. The van der Waals surface area contributed by atoms with Crippen molar-refractivity contribution in [1.82, 2.24) is 10.2 Å².